The van der Waals surface area contributed by atoms with Gasteiger partial charge in [-0.25, -0.2) is 4.98 Å². The summed E-state index contributed by atoms with van der Waals surface area (Å²) in [5.41, 5.74) is 1.59. The van der Waals surface area contributed by atoms with E-state index in [9.17, 15) is 9.59 Å². The summed E-state index contributed by atoms with van der Waals surface area (Å²) < 4.78 is 11.3. The standard InChI is InChI=1S/C22H22ClN3O4S2/c23-13-8-15-16(30-7-3-6-29-15)9-14(13)24-19(27)11-31-10-18-25-21(28)20-12-4-1-2-5-17(12)32-22(20)26-18/h8-9H,1-7,10-11H2,(H,24,27)(H,25,26,28). The molecule has 3 aromatic rings. The number of nitrogens with zero attached hydrogens (tertiary/aromatic N) is 1. The predicted molar refractivity (Wildman–Crippen MR) is 129 cm³/mol. The zero-order valence-corrected chi connectivity index (χ0v) is 19.7. The van der Waals surface area contributed by atoms with Gasteiger partial charge in [0.25, 0.3) is 5.56 Å². The first-order valence-electron chi connectivity index (χ1n) is 10.6. The third-order valence-corrected chi connectivity index (χ3v) is 7.90. The van der Waals surface area contributed by atoms with E-state index < -0.39 is 0 Å². The highest BCUT2D eigenvalue weighted by molar-refractivity contribution is 7.99. The summed E-state index contributed by atoms with van der Waals surface area (Å²) in [6, 6.07) is 3.35. The zero-order chi connectivity index (χ0) is 22.1. The van der Waals surface area contributed by atoms with Crippen LogP contribution in [0.4, 0.5) is 5.69 Å². The van der Waals surface area contributed by atoms with Crippen molar-refractivity contribution in [3.05, 3.63) is 43.8 Å². The van der Waals surface area contributed by atoms with Gasteiger partial charge in [0.15, 0.2) is 11.5 Å². The summed E-state index contributed by atoms with van der Waals surface area (Å²) in [6.45, 7) is 1.13. The van der Waals surface area contributed by atoms with Crippen LogP contribution in [0.15, 0.2) is 16.9 Å². The number of aromatic nitrogens is 2. The molecular weight excluding hydrogens is 470 g/mol. The Balaban J connectivity index is 1.22. The van der Waals surface area contributed by atoms with Gasteiger partial charge in [-0.2, -0.15) is 0 Å². The number of aromatic amines is 1. The number of amides is 1. The number of thioether (sulfide) groups is 1. The Kier molecular flexibility index (Phi) is 6.30. The molecule has 0 radical (unpaired) electrons. The fourth-order valence-corrected chi connectivity index (χ4v) is 6.15. The van der Waals surface area contributed by atoms with E-state index in [1.54, 1.807) is 23.5 Å². The molecular formula is C22H22ClN3O4S2. The topological polar surface area (TPSA) is 93.3 Å². The summed E-state index contributed by atoms with van der Waals surface area (Å²) in [6.07, 6.45) is 5.07. The average Bonchev–Trinajstić information content (AvgIpc) is 3.00. The van der Waals surface area contributed by atoms with Gasteiger partial charge in [0.1, 0.15) is 10.7 Å². The summed E-state index contributed by atoms with van der Waals surface area (Å²) in [5.74, 6) is 2.20. The van der Waals surface area contributed by atoms with Crippen LogP contribution in [-0.2, 0) is 23.4 Å². The van der Waals surface area contributed by atoms with Crippen molar-refractivity contribution in [1.82, 2.24) is 9.97 Å². The number of hydrogen-bond donors (Lipinski definition) is 2. The molecule has 1 aliphatic carbocycles. The molecule has 5 rings (SSSR count). The third kappa shape index (κ3) is 4.46. The molecule has 0 unspecified atom stereocenters. The fourth-order valence-electron chi connectivity index (χ4n) is 3.98. The van der Waals surface area contributed by atoms with Crippen LogP contribution in [0.25, 0.3) is 10.2 Å². The number of fused-ring (bicyclic) bond motifs is 4. The largest absolute Gasteiger partial charge is 0.490 e. The highest BCUT2D eigenvalue weighted by atomic mass is 35.5. The number of rotatable bonds is 5. The molecule has 7 nitrogen and oxygen atoms in total. The van der Waals surface area contributed by atoms with Crippen molar-refractivity contribution >= 4 is 56.5 Å². The molecule has 168 valence electrons. The lowest BCUT2D eigenvalue weighted by atomic mass is 9.97. The van der Waals surface area contributed by atoms with Gasteiger partial charge in [-0.1, -0.05) is 11.6 Å². The van der Waals surface area contributed by atoms with Gasteiger partial charge in [-0.15, -0.1) is 23.1 Å². The van der Waals surface area contributed by atoms with E-state index in [4.69, 9.17) is 21.1 Å². The lowest BCUT2D eigenvalue weighted by Gasteiger charge is -2.12. The number of anilines is 1. The molecule has 0 bridgehead atoms. The molecule has 32 heavy (non-hydrogen) atoms. The number of H-pyrrole nitrogens is 1. The first-order valence-corrected chi connectivity index (χ1v) is 12.9. The number of aryl methyl sites for hydroxylation is 2. The monoisotopic (exact) mass is 491 g/mol. The van der Waals surface area contributed by atoms with Crippen molar-refractivity contribution < 1.29 is 14.3 Å². The molecule has 2 N–H and O–H groups in total. The number of carbonyl (C=O) groups excluding carboxylic acids is 1. The number of ether oxygens (including phenoxy) is 2. The number of hydrogen-bond acceptors (Lipinski definition) is 7. The quantitative estimate of drug-likeness (QED) is 0.544. The SMILES string of the molecule is O=C(CSCc1nc2sc3c(c2c(=O)[nH]1)CCCC3)Nc1cc2c(cc1Cl)OCCCO2. The molecule has 1 amide bonds. The second-order valence-corrected chi connectivity index (χ2v) is 10.3. The van der Waals surface area contributed by atoms with Crippen LogP contribution in [0.1, 0.15) is 35.5 Å². The van der Waals surface area contributed by atoms with E-state index in [-0.39, 0.29) is 17.2 Å². The first kappa shape index (κ1) is 21.6. The Morgan fingerprint density at radius 1 is 1.19 bits per heavy atom. The van der Waals surface area contributed by atoms with E-state index in [1.807, 2.05) is 0 Å². The normalized spacial score (nSPS) is 15.3. The predicted octanol–water partition coefficient (Wildman–Crippen LogP) is 4.55. The van der Waals surface area contributed by atoms with Crippen molar-refractivity contribution in [2.24, 2.45) is 0 Å². The molecule has 0 spiro atoms. The van der Waals surface area contributed by atoms with Crippen molar-refractivity contribution in [3.63, 3.8) is 0 Å². The number of thiophene rings is 1. The van der Waals surface area contributed by atoms with Crippen LogP contribution in [-0.4, -0.2) is 34.8 Å². The Bertz CT molecular complexity index is 1240. The van der Waals surface area contributed by atoms with E-state index in [0.717, 1.165) is 35.9 Å². The Labute approximate surface area is 197 Å². The highest BCUT2D eigenvalue weighted by Crippen LogP contribution is 2.38. The first-order chi connectivity index (χ1) is 15.6. The molecule has 2 aliphatic rings. The van der Waals surface area contributed by atoms with Gasteiger partial charge in [0.05, 0.1) is 40.8 Å². The number of nitrogens with one attached hydrogen (secondary N) is 2. The average molecular weight is 492 g/mol. The summed E-state index contributed by atoms with van der Waals surface area (Å²) in [7, 11) is 0. The van der Waals surface area contributed by atoms with Crippen molar-refractivity contribution in [1.29, 1.82) is 0 Å². The summed E-state index contributed by atoms with van der Waals surface area (Å²) in [5, 5.41) is 3.97. The molecule has 10 heteroatoms. The second kappa shape index (κ2) is 9.33. The van der Waals surface area contributed by atoms with Crippen LogP contribution in [0.5, 0.6) is 11.5 Å². The Hall–Kier alpha value is -2.23. The van der Waals surface area contributed by atoms with Crippen molar-refractivity contribution in [2.45, 2.75) is 37.9 Å². The van der Waals surface area contributed by atoms with Gasteiger partial charge in [0.2, 0.25) is 5.91 Å². The van der Waals surface area contributed by atoms with E-state index >= 15 is 0 Å². The number of benzene rings is 1. The van der Waals surface area contributed by atoms with Gasteiger partial charge < -0.3 is 19.8 Å². The number of carbonyl (C=O) groups is 1. The minimum Gasteiger partial charge on any atom is -0.490 e. The molecule has 0 fully saturated rings. The van der Waals surface area contributed by atoms with Crippen LogP contribution in [0, 0.1) is 0 Å². The molecule has 2 aromatic heterocycles. The smallest absolute Gasteiger partial charge is 0.259 e. The summed E-state index contributed by atoms with van der Waals surface area (Å²) in [4.78, 5) is 34.7. The molecule has 1 aliphatic heterocycles. The van der Waals surface area contributed by atoms with Crippen LogP contribution < -0.4 is 20.3 Å². The zero-order valence-electron chi connectivity index (χ0n) is 17.3. The highest BCUT2D eigenvalue weighted by Gasteiger charge is 2.20. The minimum absolute atomic E-state index is 0.0755. The van der Waals surface area contributed by atoms with E-state index in [2.05, 4.69) is 15.3 Å². The maximum absolute atomic E-state index is 12.6. The van der Waals surface area contributed by atoms with Gasteiger partial charge in [0, 0.05) is 23.4 Å². The molecule has 0 atom stereocenters. The number of halogens is 1. The third-order valence-electron chi connectivity index (χ3n) is 5.46. The van der Waals surface area contributed by atoms with Gasteiger partial charge in [-0.05, 0) is 31.2 Å². The van der Waals surface area contributed by atoms with Crippen molar-refractivity contribution in [2.75, 3.05) is 24.3 Å². The molecule has 3 heterocycles. The lowest BCUT2D eigenvalue weighted by molar-refractivity contribution is -0.113. The van der Waals surface area contributed by atoms with Crippen LogP contribution in [0.3, 0.4) is 0 Å². The Morgan fingerprint density at radius 3 is 2.81 bits per heavy atom. The van der Waals surface area contributed by atoms with Crippen LogP contribution in [0.2, 0.25) is 5.02 Å². The van der Waals surface area contributed by atoms with E-state index in [1.165, 1.54) is 28.6 Å². The summed E-state index contributed by atoms with van der Waals surface area (Å²) >= 11 is 9.31. The molecule has 1 aromatic carbocycles. The molecule has 0 saturated heterocycles. The maximum Gasteiger partial charge on any atom is 0.259 e. The van der Waals surface area contributed by atoms with Gasteiger partial charge >= 0.3 is 0 Å². The van der Waals surface area contributed by atoms with E-state index in [0.29, 0.717) is 47.0 Å². The van der Waals surface area contributed by atoms with Gasteiger partial charge in [-0.3, -0.25) is 9.59 Å². The second-order valence-electron chi connectivity index (χ2n) is 7.77. The minimum atomic E-state index is -0.193. The molecule has 0 saturated carbocycles. The lowest BCUT2D eigenvalue weighted by Crippen LogP contribution is -2.16. The maximum atomic E-state index is 12.6. The Morgan fingerprint density at radius 2 is 1.97 bits per heavy atom. The van der Waals surface area contributed by atoms with Crippen LogP contribution >= 0.6 is 34.7 Å². The van der Waals surface area contributed by atoms with Crippen molar-refractivity contribution in [3.8, 4) is 11.5 Å². The fraction of sp³-hybridized carbons (Fsp3) is 0.409.